The summed E-state index contributed by atoms with van der Waals surface area (Å²) in [5.74, 6) is 1.08. The molecule has 0 bridgehead atoms. The van der Waals surface area contributed by atoms with Crippen LogP contribution in [0.2, 0.25) is 0 Å². The molecule has 0 aromatic heterocycles. The van der Waals surface area contributed by atoms with Crippen LogP contribution in [0.25, 0.3) is 0 Å². The first-order chi connectivity index (χ1) is 15.5. The van der Waals surface area contributed by atoms with Crippen molar-refractivity contribution in [2.45, 2.75) is 58.0 Å². The van der Waals surface area contributed by atoms with Crippen molar-refractivity contribution in [1.29, 1.82) is 0 Å². The molecule has 7 nitrogen and oxygen atoms in total. The van der Waals surface area contributed by atoms with Gasteiger partial charge in [0.05, 0.1) is 12.1 Å². The Morgan fingerprint density at radius 1 is 1.21 bits per heavy atom. The molecule has 2 heterocycles. The third-order valence-electron chi connectivity index (χ3n) is 6.50. The Morgan fingerprint density at radius 2 is 1.97 bits per heavy atom. The molecule has 1 aromatic carbocycles. The van der Waals surface area contributed by atoms with Gasteiger partial charge in [-0.1, -0.05) is 12.1 Å². The van der Waals surface area contributed by atoms with E-state index in [9.17, 15) is 4.79 Å². The summed E-state index contributed by atoms with van der Waals surface area (Å²) in [5.41, 5.74) is 2.60. The molecule has 3 rings (SSSR count). The van der Waals surface area contributed by atoms with Crippen molar-refractivity contribution in [3.8, 4) is 0 Å². The lowest BCUT2D eigenvalue weighted by Gasteiger charge is -2.25. The van der Waals surface area contributed by atoms with Gasteiger partial charge in [-0.2, -0.15) is 0 Å². The van der Waals surface area contributed by atoms with Crippen molar-refractivity contribution in [3.63, 3.8) is 0 Å². The minimum atomic E-state index is 0. The van der Waals surface area contributed by atoms with Crippen LogP contribution < -0.4 is 15.5 Å². The molecule has 8 heteroatoms. The Labute approximate surface area is 217 Å². The average molecular weight is 571 g/mol. The number of rotatable bonds is 9. The summed E-state index contributed by atoms with van der Waals surface area (Å²) in [6.07, 6.45) is 5.60. The van der Waals surface area contributed by atoms with Gasteiger partial charge in [0.2, 0.25) is 5.91 Å². The number of aliphatic imine (C=N–C) groups is 1. The van der Waals surface area contributed by atoms with Gasteiger partial charge in [0, 0.05) is 52.5 Å². The van der Waals surface area contributed by atoms with Crippen LogP contribution in [0.5, 0.6) is 0 Å². The minimum Gasteiger partial charge on any atom is -0.372 e. The van der Waals surface area contributed by atoms with E-state index in [-0.39, 0.29) is 42.0 Å². The number of guanidine groups is 1. The molecule has 2 aliphatic rings. The lowest BCUT2D eigenvalue weighted by molar-refractivity contribution is -0.133. The molecule has 1 aromatic rings. The fraction of sp³-hybridized carbons (Fsp3) is 0.680. The van der Waals surface area contributed by atoms with Gasteiger partial charge in [-0.05, 0) is 70.2 Å². The van der Waals surface area contributed by atoms with Gasteiger partial charge in [-0.3, -0.25) is 14.7 Å². The third kappa shape index (κ3) is 8.02. The molecule has 33 heavy (non-hydrogen) atoms. The highest BCUT2D eigenvalue weighted by atomic mass is 127. The predicted molar refractivity (Wildman–Crippen MR) is 149 cm³/mol. The Kier molecular flexibility index (Phi) is 11.7. The molecule has 2 fully saturated rings. The standard InChI is InChI=1S/C25H42N6O.HI/c1-5-26-25(27-14-10-18-31-17-9-13-23(31)24(32)29(3)4)28-20(2)21-11-8-12-22(19-21)30-15-6-7-16-30;/h8,11-12,19-20,23H,5-7,9-10,13-18H2,1-4H3,(H2,26,27,28);1H. The maximum absolute atomic E-state index is 12.4. The van der Waals surface area contributed by atoms with Crippen LogP contribution in [-0.2, 0) is 4.79 Å². The van der Waals surface area contributed by atoms with Crippen molar-refractivity contribution < 1.29 is 4.79 Å². The van der Waals surface area contributed by atoms with Gasteiger partial charge in [0.1, 0.15) is 0 Å². The van der Waals surface area contributed by atoms with Crippen molar-refractivity contribution in [1.82, 2.24) is 20.4 Å². The number of likely N-dealkylation sites (tertiary alicyclic amines) is 1. The van der Waals surface area contributed by atoms with Crippen LogP contribution in [0.15, 0.2) is 29.3 Å². The van der Waals surface area contributed by atoms with Gasteiger partial charge in [0.25, 0.3) is 0 Å². The van der Waals surface area contributed by atoms with Gasteiger partial charge in [-0.15, -0.1) is 24.0 Å². The van der Waals surface area contributed by atoms with Crippen LogP contribution in [0, 0.1) is 0 Å². The number of amides is 1. The average Bonchev–Trinajstić information content (AvgIpc) is 3.48. The monoisotopic (exact) mass is 570 g/mol. The summed E-state index contributed by atoms with van der Waals surface area (Å²) >= 11 is 0. The molecule has 2 atom stereocenters. The number of hydrogen-bond donors (Lipinski definition) is 2. The number of nitrogens with zero attached hydrogens (tertiary/aromatic N) is 4. The van der Waals surface area contributed by atoms with E-state index in [0.717, 1.165) is 64.5 Å². The Balaban J connectivity index is 0.00000385. The normalized spacial score (nSPS) is 19.8. The quantitative estimate of drug-likeness (QED) is 0.206. The van der Waals surface area contributed by atoms with Crippen LogP contribution in [0.3, 0.4) is 0 Å². The van der Waals surface area contributed by atoms with E-state index >= 15 is 0 Å². The van der Waals surface area contributed by atoms with Gasteiger partial charge >= 0.3 is 0 Å². The number of hydrogen-bond acceptors (Lipinski definition) is 4. The highest BCUT2D eigenvalue weighted by Gasteiger charge is 2.30. The second-order valence-corrected chi connectivity index (χ2v) is 9.20. The second-order valence-electron chi connectivity index (χ2n) is 9.20. The summed E-state index contributed by atoms with van der Waals surface area (Å²) in [6.45, 7) is 10.1. The maximum atomic E-state index is 12.4. The van der Waals surface area contributed by atoms with Crippen molar-refractivity contribution >= 4 is 41.5 Å². The lowest BCUT2D eigenvalue weighted by Crippen LogP contribution is -2.43. The molecule has 2 unspecified atom stereocenters. The first-order valence-electron chi connectivity index (χ1n) is 12.3. The molecule has 2 N–H and O–H groups in total. The zero-order chi connectivity index (χ0) is 22.9. The molecule has 2 saturated heterocycles. The third-order valence-corrected chi connectivity index (χ3v) is 6.50. The van der Waals surface area contributed by atoms with E-state index in [0.29, 0.717) is 0 Å². The first kappa shape index (κ1) is 27.7. The van der Waals surface area contributed by atoms with E-state index in [1.54, 1.807) is 4.90 Å². The summed E-state index contributed by atoms with van der Waals surface area (Å²) in [5, 5.41) is 6.95. The van der Waals surface area contributed by atoms with E-state index in [1.807, 2.05) is 14.1 Å². The molecule has 186 valence electrons. The molecular formula is C25H43IN6O. The zero-order valence-electron chi connectivity index (χ0n) is 20.8. The number of nitrogens with one attached hydrogen (secondary N) is 2. The maximum Gasteiger partial charge on any atom is 0.239 e. The SMILES string of the molecule is CCNC(=NCCCN1CCCC1C(=O)N(C)C)NC(C)c1cccc(N2CCCC2)c1.I. The van der Waals surface area contributed by atoms with Crippen molar-refractivity contribution in [3.05, 3.63) is 29.8 Å². The largest absolute Gasteiger partial charge is 0.372 e. The second kappa shape index (κ2) is 14.0. The lowest BCUT2D eigenvalue weighted by atomic mass is 10.1. The number of anilines is 1. The van der Waals surface area contributed by atoms with Gasteiger partial charge in [0.15, 0.2) is 5.96 Å². The van der Waals surface area contributed by atoms with E-state index < -0.39 is 0 Å². The van der Waals surface area contributed by atoms with E-state index in [4.69, 9.17) is 4.99 Å². The molecular weight excluding hydrogens is 527 g/mol. The summed E-state index contributed by atoms with van der Waals surface area (Å²) < 4.78 is 0. The Hall–Kier alpha value is -1.55. The fourth-order valence-electron chi connectivity index (χ4n) is 4.71. The summed E-state index contributed by atoms with van der Waals surface area (Å²) in [4.78, 5) is 23.7. The molecule has 0 radical (unpaired) electrons. The smallest absolute Gasteiger partial charge is 0.239 e. The predicted octanol–water partition coefficient (Wildman–Crippen LogP) is 3.46. The van der Waals surface area contributed by atoms with Gasteiger partial charge < -0.3 is 20.4 Å². The topological polar surface area (TPSA) is 63.2 Å². The molecule has 2 aliphatic heterocycles. The Bertz CT molecular complexity index is 765. The van der Waals surface area contributed by atoms with E-state index in [2.05, 4.69) is 58.5 Å². The van der Waals surface area contributed by atoms with Crippen molar-refractivity contribution in [2.24, 2.45) is 4.99 Å². The highest BCUT2D eigenvalue weighted by Crippen LogP contribution is 2.24. The highest BCUT2D eigenvalue weighted by molar-refractivity contribution is 14.0. The minimum absolute atomic E-state index is 0. The van der Waals surface area contributed by atoms with Crippen LogP contribution in [-0.4, -0.2) is 81.1 Å². The van der Waals surface area contributed by atoms with E-state index in [1.165, 1.54) is 24.1 Å². The van der Waals surface area contributed by atoms with Crippen molar-refractivity contribution in [2.75, 3.05) is 58.3 Å². The number of carbonyl (C=O) groups is 1. The fourth-order valence-corrected chi connectivity index (χ4v) is 4.71. The summed E-state index contributed by atoms with van der Waals surface area (Å²) in [6, 6.07) is 9.09. The Morgan fingerprint density at radius 3 is 2.67 bits per heavy atom. The summed E-state index contributed by atoms with van der Waals surface area (Å²) in [7, 11) is 3.69. The van der Waals surface area contributed by atoms with Crippen LogP contribution in [0.4, 0.5) is 5.69 Å². The molecule has 0 spiro atoms. The van der Waals surface area contributed by atoms with Gasteiger partial charge in [-0.25, -0.2) is 0 Å². The van der Waals surface area contributed by atoms with Crippen LogP contribution >= 0.6 is 24.0 Å². The molecule has 0 aliphatic carbocycles. The zero-order valence-corrected chi connectivity index (χ0v) is 23.2. The van der Waals surface area contributed by atoms with Crippen LogP contribution in [0.1, 0.15) is 57.6 Å². The first-order valence-corrected chi connectivity index (χ1v) is 12.3. The number of benzene rings is 1. The molecule has 0 saturated carbocycles. The number of halogens is 1. The number of likely N-dealkylation sites (N-methyl/N-ethyl adjacent to an activating group) is 1. The number of carbonyl (C=O) groups excluding carboxylic acids is 1. The molecule has 1 amide bonds.